The van der Waals surface area contributed by atoms with Crippen molar-refractivity contribution in [1.82, 2.24) is 5.32 Å². The topological polar surface area (TPSA) is 84.2 Å². The first-order valence-corrected chi connectivity index (χ1v) is 7.01. The van der Waals surface area contributed by atoms with Crippen LogP contribution >= 0.6 is 0 Å². The quantitative estimate of drug-likeness (QED) is 0.761. The van der Waals surface area contributed by atoms with Crippen molar-refractivity contribution in [3.05, 3.63) is 29.8 Å². The first kappa shape index (κ1) is 14.5. The van der Waals surface area contributed by atoms with Gasteiger partial charge in [0.1, 0.15) is 0 Å². The second-order valence-corrected chi connectivity index (χ2v) is 5.23. The number of benzene rings is 1. The Bertz CT molecular complexity index is 504. The molecule has 0 radical (unpaired) electrons. The third-order valence-electron chi connectivity index (χ3n) is 3.90. The summed E-state index contributed by atoms with van der Waals surface area (Å²) in [5.41, 5.74) is 6.48. The molecule has 1 aliphatic rings. The predicted octanol–water partition coefficient (Wildman–Crippen LogP) is 1.50. The van der Waals surface area contributed by atoms with E-state index in [0.717, 1.165) is 19.3 Å². The van der Waals surface area contributed by atoms with Gasteiger partial charge in [-0.05, 0) is 38.0 Å². The fourth-order valence-corrected chi connectivity index (χ4v) is 2.39. The highest BCUT2D eigenvalue weighted by Gasteiger charge is 2.42. The number of anilines is 1. The molecule has 5 heteroatoms. The molecule has 108 valence electrons. The highest BCUT2D eigenvalue weighted by molar-refractivity contribution is 5.99. The van der Waals surface area contributed by atoms with Crippen molar-refractivity contribution < 1.29 is 9.59 Å². The van der Waals surface area contributed by atoms with E-state index in [1.54, 1.807) is 24.3 Å². The molecule has 20 heavy (non-hydrogen) atoms. The molecule has 0 unspecified atom stereocenters. The van der Waals surface area contributed by atoms with Crippen LogP contribution in [0, 0.1) is 5.41 Å². The molecule has 0 atom stereocenters. The van der Waals surface area contributed by atoms with Gasteiger partial charge in [-0.1, -0.05) is 12.5 Å². The monoisotopic (exact) mass is 275 g/mol. The average Bonchev–Trinajstić information content (AvgIpc) is 2.38. The van der Waals surface area contributed by atoms with Crippen LogP contribution in [-0.4, -0.2) is 24.9 Å². The van der Waals surface area contributed by atoms with E-state index in [0.29, 0.717) is 24.3 Å². The van der Waals surface area contributed by atoms with E-state index in [-0.39, 0.29) is 11.8 Å². The molecule has 0 bridgehead atoms. The van der Waals surface area contributed by atoms with Crippen LogP contribution in [0.4, 0.5) is 5.69 Å². The zero-order chi connectivity index (χ0) is 14.6. The van der Waals surface area contributed by atoms with Crippen LogP contribution in [0.5, 0.6) is 0 Å². The molecule has 4 N–H and O–H groups in total. The van der Waals surface area contributed by atoms with Crippen LogP contribution in [0.2, 0.25) is 0 Å². The standard InChI is InChI=1S/C15H21N3O2/c1-2-17-13(19)11-5-3-6-12(9-11)18-14(20)15(10-16)7-4-8-15/h3,5-6,9H,2,4,7-8,10,16H2,1H3,(H,17,19)(H,18,20). The Hall–Kier alpha value is -1.88. The van der Waals surface area contributed by atoms with Gasteiger partial charge in [0.05, 0.1) is 5.41 Å². The molecule has 1 saturated carbocycles. The summed E-state index contributed by atoms with van der Waals surface area (Å²) in [6, 6.07) is 6.95. The number of hydrogen-bond donors (Lipinski definition) is 3. The number of carbonyl (C=O) groups is 2. The van der Waals surface area contributed by atoms with Crippen molar-refractivity contribution in [2.24, 2.45) is 11.1 Å². The van der Waals surface area contributed by atoms with E-state index >= 15 is 0 Å². The van der Waals surface area contributed by atoms with Crippen LogP contribution in [0.15, 0.2) is 24.3 Å². The Morgan fingerprint density at radius 1 is 1.35 bits per heavy atom. The number of hydrogen-bond acceptors (Lipinski definition) is 3. The number of rotatable bonds is 5. The molecule has 1 fully saturated rings. The summed E-state index contributed by atoms with van der Waals surface area (Å²) in [6.07, 6.45) is 2.72. The Balaban J connectivity index is 2.08. The van der Waals surface area contributed by atoms with E-state index in [2.05, 4.69) is 10.6 Å². The van der Waals surface area contributed by atoms with Crippen molar-refractivity contribution in [3.8, 4) is 0 Å². The van der Waals surface area contributed by atoms with Gasteiger partial charge in [-0.3, -0.25) is 9.59 Å². The summed E-state index contributed by atoms with van der Waals surface area (Å²) in [6.45, 7) is 2.81. The van der Waals surface area contributed by atoms with Crippen molar-refractivity contribution in [1.29, 1.82) is 0 Å². The maximum absolute atomic E-state index is 12.3. The van der Waals surface area contributed by atoms with E-state index in [9.17, 15) is 9.59 Å². The minimum absolute atomic E-state index is 0.0423. The maximum Gasteiger partial charge on any atom is 0.251 e. The first-order chi connectivity index (χ1) is 9.61. The molecule has 0 saturated heterocycles. The van der Waals surface area contributed by atoms with Gasteiger partial charge in [-0.25, -0.2) is 0 Å². The summed E-state index contributed by atoms with van der Waals surface area (Å²) in [4.78, 5) is 24.0. The number of nitrogens with two attached hydrogens (primary N) is 1. The summed E-state index contributed by atoms with van der Waals surface area (Å²) < 4.78 is 0. The van der Waals surface area contributed by atoms with Gasteiger partial charge in [0.25, 0.3) is 5.91 Å². The van der Waals surface area contributed by atoms with Gasteiger partial charge in [0.15, 0.2) is 0 Å². The van der Waals surface area contributed by atoms with Gasteiger partial charge in [0, 0.05) is 24.3 Å². The van der Waals surface area contributed by atoms with Crippen LogP contribution in [-0.2, 0) is 4.79 Å². The van der Waals surface area contributed by atoms with Gasteiger partial charge in [-0.15, -0.1) is 0 Å². The van der Waals surface area contributed by atoms with E-state index in [4.69, 9.17) is 5.73 Å². The third-order valence-corrected chi connectivity index (χ3v) is 3.90. The average molecular weight is 275 g/mol. The molecule has 0 heterocycles. The summed E-state index contributed by atoms with van der Waals surface area (Å²) in [7, 11) is 0. The zero-order valence-electron chi connectivity index (χ0n) is 11.7. The molecule has 0 aliphatic heterocycles. The van der Waals surface area contributed by atoms with Gasteiger partial charge in [0.2, 0.25) is 5.91 Å². The number of carbonyl (C=O) groups excluding carboxylic acids is 2. The molecule has 1 aromatic carbocycles. The highest BCUT2D eigenvalue weighted by Crippen LogP contribution is 2.40. The van der Waals surface area contributed by atoms with Crippen molar-refractivity contribution in [3.63, 3.8) is 0 Å². The van der Waals surface area contributed by atoms with E-state index in [1.807, 2.05) is 6.92 Å². The lowest BCUT2D eigenvalue weighted by Crippen LogP contribution is -2.47. The van der Waals surface area contributed by atoms with Crippen LogP contribution < -0.4 is 16.4 Å². The number of nitrogens with one attached hydrogen (secondary N) is 2. The fraction of sp³-hybridized carbons (Fsp3) is 0.467. The molecular formula is C15H21N3O2. The molecular weight excluding hydrogens is 254 g/mol. The zero-order valence-corrected chi connectivity index (χ0v) is 11.7. The largest absolute Gasteiger partial charge is 0.352 e. The Morgan fingerprint density at radius 3 is 2.65 bits per heavy atom. The molecule has 5 nitrogen and oxygen atoms in total. The highest BCUT2D eigenvalue weighted by atomic mass is 16.2. The lowest BCUT2D eigenvalue weighted by molar-refractivity contribution is -0.129. The second kappa shape index (κ2) is 6.05. The third kappa shape index (κ3) is 2.82. The molecule has 2 rings (SSSR count). The number of amides is 2. The van der Waals surface area contributed by atoms with Crippen molar-refractivity contribution in [2.45, 2.75) is 26.2 Å². The minimum Gasteiger partial charge on any atom is -0.352 e. The smallest absolute Gasteiger partial charge is 0.251 e. The Kier molecular flexibility index (Phi) is 4.39. The SMILES string of the molecule is CCNC(=O)c1cccc(NC(=O)C2(CN)CCC2)c1. The van der Waals surface area contributed by atoms with Crippen molar-refractivity contribution >= 4 is 17.5 Å². The van der Waals surface area contributed by atoms with E-state index in [1.165, 1.54) is 0 Å². The van der Waals surface area contributed by atoms with Crippen LogP contribution in [0.3, 0.4) is 0 Å². The minimum atomic E-state index is -0.415. The fourth-order valence-electron chi connectivity index (χ4n) is 2.39. The summed E-state index contributed by atoms with van der Waals surface area (Å²) >= 11 is 0. The Morgan fingerprint density at radius 2 is 2.10 bits per heavy atom. The summed E-state index contributed by atoms with van der Waals surface area (Å²) in [5, 5.41) is 5.61. The van der Waals surface area contributed by atoms with Crippen LogP contribution in [0.1, 0.15) is 36.5 Å². The molecule has 1 aromatic rings. The summed E-state index contributed by atoms with van der Waals surface area (Å²) in [5.74, 6) is -0.180. The Labute approximate surface area is 118 Å². The molecule has 1 aliphatic carbocycles. The van der Waals surface area contributed by atoms with Gasteiger partial charge in [-0.2, -0.15) is 0 Å². The van der Waals surface area contributed by atoms with E-state index < -0.39 is 5.41 Å². The maximum atomic E-state index is 12.3. The lowest BCUT2D eigenvalue weighted by Gasteiger charge is -2.39. The molecule has 0 spiro atoms. The van der Waals surface area contributed by atoms with Gasteiger partial charge < -0.3 is 16.4 Å². The first-order valence-electron chi connectivity index (χ1n) is 7.01. The molecule has 0 aromatic heterocycles. The van der Waals surface area contributed by atoms with Gasteiger partial charge >= 0.3 is 0 Å². The second-order valence-electron chi connectivity index (χ2n) is 5.23. The normalized spacial score (nSPS) is 16.1. The van der Waals surface area contributed by atoms with Crippen LogP contribution in [0.25, 0.3) is 0 Å². The lowest BCUT2D eigenvalue weighted by atomic mass is 9.68. The van der Waals surface area contributed by atoms with Crippen molar-refractivity contribution in [2.75, 3.05) is 18.4 Å². The predicted molar refractivity (Wildman–Crippen MR) is 78.4 cm³/mol. The molecule has 2 amide bonds.